The molecular formula is C56H74N2O6. The quantitative estimate of drug-likeness (QED) is 0.0338. The first-order valence-electron chi connectivity index (χ1n) is 24.6. The van der Waals surface area contributed by atoms with Gasteiger partial charge in [-0.2, -0.15) is 5.11 Å². The van der Waals surface area contributed by atoms with Crippen LogP contribution in [0.4, 0.5) is 11.4 Å². The van der Waals surface area contributed by atoms with E-state index in [1.807, 2.05) is 0 Å². The van der Waals surface area contributed by atoms with E-state index >= 15 is 0 Å². The molecule has 64 heavy (non-hydrogen) atoms. The number of ether oxygens (including phenoxy) is 4. The second kappa shape index (κ2) is 24.9. The highest BCUT2D eigenvalue weighted by atomic mass is 16.6. The first kappa shape index (κ1) is 48.5. The van der Waals surface area contributed by atoms with Crippen molar-refractivity contribution in [2.45, 2.75) is 175 Å². The van der Waals surface area contributed by atoms with Gasteiger partial charge in [0.2, 0.25) is 5.75 Å². The lowest BCUT2D eigenvalue weighted by molar-refractivity contribution is -0.140. The molecule has 0 N–H and O–H groups in total. The van der Waals surface area contributed by atoms with Crippen molar-refractivity contribution in [2.24, 2.45) is 28.0 Å². The maximum atomic E-state index is 13.9. The zero-order valence-electron chi connectivity index (χ0n) is 39.6. The summed E-state index contributed by atoms with van der Waals surface area (Å²) in [6, 6.07) is 27.3. The number of rotatable bonds is 22. The molecule has 0 unspecified atom stereocenters. The Hall–Kier alpha value is -4.98. The van der Waals surface area contributed by atoms with Crippen molar-refractivity contribution in [2.75, 3.05) is 0 Å². The molecule has 6 rings (SSSR count). The molecule has 0 aliphatic heterocycles. The van der Waals surface area contributed by atoms with E-state index in [1.54, 1.807) is 36.4 Å². The molecule has 2 saturated carbocycles. The van der Waals surface area contributed by atoms with Crippen molar-refractivity contribution >= 4 is 23.3 Å². The van der Waals surface area contributed by atoms with Gasteiger partial charge in [-0.05, 0) is 134 Å². The maximum Gasteiger partial charge on any atom is 0.338 e. The fraction of sp³-hybridized carbons (Fsp3) is 0.536. The first-order chi connectivity index (χ1) is 31.1. The van der Waals surface area contributed by atoms with Gasteiger partial charge in [0.05, 0.1) is 17.2 Å². The number of unbranched alkanes of at least 4 members (excludes halogenated alkanes) is 4. The number of hydrogen-bond acceptors (Lipinski definition) is 8. The van der Waals surface area contributed by atoms with Crippen LogP contribution < -0.4 is 14.2 Å². The predicted molar refractivity (Wildman–Crippen MR) is 257 cm³/mol. The Morgan fingerprint density at radius 2 is 1.09 bits per heavy atom. The van der Waals surface area contributed by atoms with Crippen LogP contribution in [0.5, 0.6) is 17.2 Å². The molecule has 2 aliphatic rings. The molecule has 0 amide bonds. The van der Waals surface area contributed by atoms with Crippen LogP contribution in [-0.4, -0.2) is 18.0 Å². The van der Waals surface area contributed by atoms with Gasteiger partial charge in [-0.15, -0.1) is 5.11 Å². The van der Waals surface area contributed by atoms with Crippen molar-refractivity contribution in [3.8, 4) is 17.2 Å². The predicted octanol–water partition coefficient (Wildman–Crippen LogP) is 16.1. The molecule has 2 aliphatic carbocycles. The van der Waals surface area contributed by atoms with Gasteiger partial charge in [-0.3, -0.25) is 4.79 Å². The standard InChI is InChI=1S/C56H74N2O6/c1-7-9-11-13-41-15-27-47(28-16-41)56(60)64-52-36-35-51(58-57-49-31-29-48(30-32-49)55(59)63-50-33-21-42(22-34-50)14-12-10-8-2)53(61-37-43-17-23-45(24-18-43)39(3)4)54(52)62-38-44-19-25-46(26-20-44)40(5)6/h17-20,23-26,29-32,35-36,39-42,47,50H,7-16,21-22,27-28,33-34,37-38H2,1-6H3. The average Bonchev–Trinajstić information content (AvgIpc) is 3.31. The zero-order chi connectivity index (χ0) is 45.3. The van der Waals surface area contributed by atoms with Crippen LogP contribution in [0.25, 0.3) is 0 Å². The first-order valence-corrected chi connectivity index (χ1v) is 24.6. The SMILES string of the molecule is CCCCCC1CCC(OC(=O)c2ccc(N=Nc3ccc(OC(=O)C4CCC(CCCCC)CC4)c(OCc4ccc(C(C)C)cc4)c3OCc3ccc(C(C)C)cc3)cc2)CC1. The number of hydrogen-bond donors (Lipinski definition) is 0. The van der Waals surface area contributed by atoms with Crippen LogP contribution in [0.15, 0.2) is 95.2 Å². The number of carbonyl (C=O) groups excluding carboxylic acids is 2. The monoisotopic (exact) mass is 871 g/mol. The van der Waals surface area contributed by atoms with Crippen molar-refractivity contribution < 1.29 is 28.5 Å². The molecule has 4 aromatic rings. The molecule has 0 aromatic heterocycles. The van der Waals surface area contributed by atoms with Crippen LogP contribution in [0.2, 0.25) is 0 Å². The number of carbonyl (C=O) groups is 2. The number of esters is 2. The Kier molecular flexibility index (Phi) is 18.9. The van der Waals surface area contributed by atoms with E-state index in [2.05, 4.69) is 100 Å². The highest BCUT2D eigenvalue weighted by molar-refractivity contribution is 5.89. The van der Waals surface area contributed by atoms with E-state index in [1.165, 1.54) is 62.5 Å². The summed E-state index contributed by atoms with van der Waals surface area (Å²) in [5, 5.41) is 9.28. The van der Waals surface area contributed by atoms with Crippen molar-refractivity contribution in [3.63, 3.8) is 0 Å². The van der Waals surface area contributed by atoms with E-state index in [0.717, 1.165) is 68.4 Å². The molecule has 8 heteroatoms. The fourth-order valence-electron chi connectivity index (χ4n) is 9.06. The minimum absolute atomic E-state index is 0.0331. The summed E-state index contributed by atoms with van der Waals surface area (Å²) in [6.45, 7) is 13.6. The van der Waals surface area contributed by atoms with Gasteiger partial charge in [0.15, 0.2) is 11.5 Å². The normalized spacial score (nSPS) is 18.9. The molecule has 8 nitrogen and oxygen atoms in total. The minimum atomic E-state index is -0.305. The Balaban J connectivity index is 1.23. The van der Waals surface area contributed by atoms with Crippen molar-refractivity contribution in [1.82, 2.24) is 0 Å². The molecule has 4 aromatic carbocycles. The van der Waals surface area contributed by atoms with E-state index in [0.29, 0.717) is 51.9 Å². The molecule has 0 saturated heterocycles. The van der Waals surface area contributed by atoms with Gasteiger partial charge >= 0.3 is 11.9 Å². The molecule has 0 atom stereocenters. The van der Waals surface area contributed by atoms with Crippen LogP contribution in [-0.2, 0) is 22.7 Å². The van der Waals surface area contributed by atoms with Crippen LogP contribution in [0.1, 0.15) is 189 Å². The average molecular weight is 871 g/mol. The summed E-state index contributed by atoms with van der Waals surface area (Å²) >= 11 is 0. The molecule has 2 fully saturated rings. The summed E-state index contributed by atoms with van der Waals surface area (Å²) in [4.78, 5) is 27.0. The molecule has 0 heterocycles. The lowest BCUT2D eigenvalue weighted by atomic mass is 9.80. The number of benzene rings is 4. The van der Waals surface area contributed by atoms with E-state index < -0.39 is 0 Å². The molecular weight excluding hydrogens is 797 g/mol. The van der Waals surface area contributed by atoms with Gasteiger partial charge in [0.1, 0.15) is 25.0 Å². The second-order valence-electron chi connectivity index (χ2n) is 19.0. The van der Waals surface area contributed by atoms with Gasteiger partial charge in [0.25, 0.3) is 0 Å². The molecule has 0 spiro atoms. The third kappa shape index (κ3) is 14.5. The highest BCUT2D eigenvalue weighted by Crippen LogP contribution is 2.47. The Bertz CT molecular complexity index is 2060. The highest BCUT2D eigenvalue weighted by Gasteiger charge is 2.30. The summed E-state index contributed by atoms with van der Waals surface area (Å²) in [7, 11) is 0. The number of nitrogens with zero attached hydrogens (tertiary/aromatic N) is 2. The summed E-state index contributed by atoms with van der Waals surface area (Å²) in [6.07, 6.45) is 17.9. The van der Waals surface area contributed by atoms with Gasteiger partial charge in [-0.25, -0.2) is 4.79 Å². The van der Waals surface area contributed by atoms with Crippen molar-refractivity contribution in [1.29, 1.82) is 0 Å². The molecule has 0 radical (unpaired) electrons. The Morgan fingerprint density at radius 1 is 0.578 bits per heavy atom. The van der Waals surface area contributed by atoms with Gasteiger partial charge in [0, 0.05) is 0 Å². The van der Waals surface area contributed by atoms with E-state index in [9.17, 15) is 9.59 Å². The summed E-state index contributed by atoms with van der Waals surface area (Å²) < 4.78 is 25.5. The van der Waals surface area contributed by atoms with Crippen LogP contribution in [0.3, 0.4) is 0 Å². The van der Waals surface area contributed by atoms with Gasteiger partial charge in [-0.1, -0.05) is 141 Å². The topological polar surface area (TPSA) is 95.8 Å². The lowest BCUT2D eigenvalue weighted by Crippen LogP contribution is -2.26. The number of azo groups is 1. The molecule has 0 bridgehead atoms. The zero-order valence-corrected chi connectivity index (χ0v) is 39.6. The summed E-state index contributed by atoms with van der Waals surface area (Å²) in [5.41, 5.74) is 5.91. The fourth-order valence-corrected chi connectivity index (χ4v) is 9.06. The lowest BCUT2D eigenvalue weighted by Gasteiger charge is -2.28. The Morgan fingerprint density at radius 3 is 1.61 bits per heavy atom. The summed E-state index contributed by atoms with van der Waals surface area (Å²) in [5.74, 6) is 2.46. The van der Waals surface area contributed by atoms with E-state index in [-0.39, 0.29) is 37.2 Å². The maximum absolute atomic E-state index is 13.9. The second-order valence-corrected chi connectivity index (χ2v) is 19.0. The van der Waals surface area contributed by atoms with Gasteiger partial charge < -0.3 is 18.9 Å². The third-order valence-corrected chi connectivity index (χ3v) is 13.4. The minimum Gasteiger partial charge on any atom is -0.483 e. The van der Waals surface area contributed by atoms with E-state index in [4.69, 9.17) is 18.9 Å². The largest absolute Gasteiger partial charge is 0.483 e. The third-order valence-electron chi connectivity index (χ3n) is 13.4. The Labute approximate surface area is 383 Å². The van der Waals surface area contributed by atoms with Crippen LogP contribution >= 0.6 is 0 Å². The smallest absolute Gasteiger partial charge is 0.338 e. The van der Waals surface area contributed by atoms with Crippen LogP contribution in [0, 0.1) is 17.8 Å². The molecule has 344 valence electrons. The van der Waals surface area contributed by atoms with Crippen molar-refractivity contribution in [3.05, 3.63) is 113 Å².